The molecule has 5 rings (SSSR count). The molecular formula is C19H22N6OS. The summed E-state index contributed by atoms with van der Waals surface area (Å²) in [5.74, 6) is 2.47. The normalized spacial score (nSPS) is 25.1. The number of fused-ring (bicyclic) bond motifs is 1. The van der Waals surface area contributed by atoms with Crippen LogP contribution in [0.2, 0.25) is 0 Å². The second kappa shape index (κ2) is 7.09. The number of benzene rings is 1. The highest BCUT2D eigenvalue weighted by atomic mass is 32.2. The standard InChI is InChI=1S/C19H22N6OS/c1-24-12-20-22-19(24)27-11-17-21-18(23-26-17)14-10-16(13-6-3-2-4-7-13)25-9-5-8-15(14)25/h2-4,6-7,12,14-16H,5,8-11H2,1H3/t14-,15+,16-/m0/s1. The van der Waals surface area contributed by atoms with Crippen molar-refractivity contribution in [3.63, 3.8) is 0 Å². The molecule has 3 atom stereocenters. The van der Waals surface area contributed by atoms with Gasteiger partial charge in [-0.25, -0.2) is 0 Å². The van der Waals surface area contributed by atoms with Crippen molar-refractivity contribution in [1.82, 2.24) is 29.8 Å². The summed E-state index contributed by atoms with van der Waals surface area (Å²) in [6.45, 7) is 1.16. The van der Waals surface area contributed by atoms with Crippen molar-refractivity contribution < 1.29 is 4.52 Å². The summed E-state index contributed by atoms with van der Waals surface area (Å²) in [5.41, 5.74) is 1.40. The average Bonchev–Trinajstić information content (AvgIpc) is 3.45. The van der Waals surface area contributed by atoms with E-state index in [2.05, 4.69) is 50.6 Å². The summed E-state index contributed by atoms with van der Waals surface area (Å²) >= 11 is 1.56. The Morgan fingerprint density at radius 2 is 2.15 bits per heavy atom. The van der Waals surface area contributed by atoms with E-state index in [1.165, 1.54) is 18.4 Å². The van der Waals surface area contributed by atoms with Crippen molar-refractivity contribution in [3.05, 3.63) is 53.9 Å². The summed E-state index contributed by atoms with van der Waals surface area (Å²) in [6.07, 6.45) is 5.21. The number of nitrogens with zero attached hydrogens (tertiary/aromatic N) is 6. The van der Waals surface area contributed by atoms with Gasteiger partial charge in [0.2, 0.25) is 5.89 Å². The van der Waals surface area contributed by atoms with E-state index in [1.54, 1.807) is 18.1 Å². The number of hydrogen-bond acceptors (Lipinski definition) is 7. The minimum Gasteiger partial charge on any atom is -0.338 e. The Morgan fingerprint density at radius 3 is 2.96 bits per heavy atom. The van der Waals surface area contributed by atoms with Crippen LogP contribution in [0.25, 0.3) is 0 Å². The van der Waals surface area contributed by atoms with Gasteiger partial charge in [0.05, 0.1) is 5.75 Å². The third-order valence-corrected chi connectivity index (χ3v) is 6.70. The highest BCUT2D eigenvalue weighted by Gasteiger charge is 2.46. The minimum absolute atomic E-state index is 0.343. The Balaban J connectivity index is 1.33. The van der Waals surface area contributed by atoms with Gasteiger partial charge in [-0.2, -0.15) is 4.98 Å². The van der Waals surface area contributed by atoms with Crippen LogP contribution in [0.3, 0.4) is 0 Å². The van der Waals surface area contributed by atoms with Gasteiger partial charge >= 0.3 is 0 Å². The Kier molecular flexibility index (Phi) is 4.45. The van der Waals surface area contributed by atoms with Crippen molar-refractivity contribution in [2.45, 2.75) is 48.2 Å². The molecule has 2 aromatic heterocycles. The largest absolute Gasteiger partial charge is 0.338 e. The quantitative estimate of drug-likeness (QED) is 0.628. The van der Waals surface area contributed by atoms with Crippen LogP contribution in [0, 0.1) is 0 Å². The molecule has 0 spiro atoms. The predicted octanol–water partition coefficient (Wildman–Crippen LogP) is 3.18. The second-order valence-corrected chi connectivity index (χ2v) is 8.22. The lowest BCUT2D eigenvalue weighted by molar-refractivity contribution is 0.243. The maximum atomic E-state index is 5.55. The first-order valence-corrected chi connectivity index (χ1v) is 10.4. The molecule has 0 amide bonds. The van der Waals surface area contributed by atoms with Crippen molar-refractivity contribution in [2.75, 3.05) is 6.54 Å². The van der Waals surface area contributed by atoms with Gasteiger partial charge in [0.1, 0.15) is 6.33 Å². The molecule has 2 aliphatic rings. The van der Waals surface area contributed by atoms with E-state index in [1.807, 2.05) is 11.6 Å². The molecule has 8 heteroatoms. The summed E-state index contributed by atoms with van der Waals surface area (Å²) in [7, 11) is 1.93. The monoisotopic (exact) mass is 382 g/mol. The molecule has 0 aliphatic carbocycles. The lowest BCUT2D eigenvalue weighted by atomic mass is 9.94. The van der Waals surface area contributed by atoms with E-state index in [9.17, 15) is 0 Å². The van der Waals surface area contributed by atoms with E-state index in [0.717, 1.165) is 23.9 Å². The van der Waals surface area contributed by atoms with Crippen LogP contribution >= 0.6 is 11.8 Å². The number of rotatable bonds is 5. The van der Waals surface area contributed by atoms with Crippen LogP contribution in [-0.4, -0.2) is 42.4 Å². The molecule has 2 aliphatic heterocycles. The fraction of sp³-hybridized carbons (Fsp3) is 0.474. The zero-order valence-electron chi connectivity index (χ0n) is 15.2. The molecule has 3 aromatic rings. The van der Waals surface area contributed by atoms with Gasteiger partial charge in [0.15, 0.2) is 11.0 Å². The summed E-state index contributed by atoms with van der Waals surface area (Å²) in [6, 6.07) is 11.8. The zero-order chi connectivity index (χ0) is 18.2. The summed E-state index contributed by atoms with van der Waals surface area (Å²) < 4.78 is 7.44. The second-order valence-electron chi connectivity index (χ2n) is 7.28. The van der Waals surface area contributed by atoms with E-state index < -0.39 is 0 Å². The molecular weight excluding hydrogens is 360 g/mol. The smallest absolute Gasteiger partial charge is 0.237 e. The third-order valence-electron chi connectivity index (χ3n) is 5.68. The summed E-state index contributed by atoms with van der Waals surface area (Å²) in [5, 5.41) is 13.2. The molecule has 0 saturated carbocycles. The Morgan fingerprint density at radius 1 is 1.26 bits per heavy atom. The molecule has 7 nitrogen and oxygen atoms in total. The molecule has 4 heterocycles. The van der Waals surface area contributed by atoms with Crippen molar-refractivity contribution in [1.29, 1.82) is 0 Å². The van der Waals surface area contributed by atoms with Gasteiger partial charge in [-0.05, 0) is 31.4 Å². The molecule has 140 valence electrons. The maximum absolute atomic E-state index is 5.55. The van der Waals surface area contributed by atoms with Crippen molar-refractivity contribution >= 4 is 11.8 Å². The Hall–Kier alpha value is -2.19. The van der Waals surface area contributed by atoms with Crippen LogP contribution in [0.1, 0.15) is 48.5 Å². The van der Waals surface area contributed by atoms with Crippen molar-refractivity contribution in [2.24, 2.45) is 7.05 Å². The number of aryl methyl sites for hydroxylation is 1. The number of aromatic nitrogens is 5. The molecule has 0 N–H and O–H groups in total. The number of hydrogen-bond donors (Lipinski definition) is 0. The SMILES string of the molecule is Cn1cnnc1SCc1nc([C@H]2C[C@@H](c3ccccc3)N3CCC[C@H]23)no1. The van der Waals surface area contributed by atoms with E-state index >= 15 is 0 Å². The molecule has 0 radical (unpaired) electrons. The topological polar surface area (TPSA) is 72.9 Å². The first-order chi connectivity index (χ1) is 13.3. The van der Waals surface area contributed by atoms with Crippen LogP contribution in [-0.2, 0) is 12.8 Å². The average molecular weight is 382 g/mol. The van der Waals surface area contributed by atoms with Crippen LogP contribution in [0.15, 0.2) is 46.3 Å². The molecule has 1 aromatic carbocycles. The van der Waals surface area contributed by atoms with E-state index in [0.29, 0.717) is 29.6 Å². The Bertz CT molecular complexity index is 910. The fourth-order valence-corrected chi connectivity index (χ4v) is 5.18. The maximum Gasteiger partial charge on any atom is 0.237 e. The highest BCUT2D eigenvalue weighted by Crippen LogP contribution is 2.48. The lowest BCUT2D eigenvalue weighted by Gasteiger charge is -2.24. The van der Waals surface area contributed by atoms with E-state index in [-0.39, 0.29) is 0 Å². The fourth-order valence-electron chi connectivity index (χ4n) is 4.45. The lowest BCUT2D eigenvalue weighted by Crippen LogP contribution is -2.27. The van der Waals surface area contributed by atoms with Gasteiger partial charge in [0, 0.05) is 25.0 Å². The molecule has 0 bridgehead atoms. The molecule has 27 heavy (non-hydrogen) atoms. The van der Waals surface area contributed by atoms with Gasteiger partial charge in [-0.3, -0.25) is 4.90 Å². The Labute approximate surface area is 162 Å². The first-order valence-electron chi connectivity index (χ1n) is 9.39. The van der Waals surface area contributed by atoms with Crippen molar-refractivity contribution in [3.8, 4) is 0 Å². The van der Waals surface area contributed by atoms with Crippen LogP contribution in [0.5, 0.6) is 0 Å². The van der Waals surface area contributed by atoms with Gasteiger partial charge in [-0.15, -0.1) is 10.2 Å². The summed E-state index contributed by atoms with van der Waals surface area (Å²) in [4.78, 5) is 7.37. The van der Waals surface area contributed by atoms with E-state index in [4.69, 9.17) is 9.51 Å². The van der Waals surface area contributed by atoms with Crippen LogP contribution < -0.4 is 0 Å². The number of thioether (sulfide) groups is 1. The van der Waals surface area contributed by atoms with Crippen LogP contribution in [0.4, 0.5) is 0 Å². The molecule has 0 unspecified atom stereocenters. The first kappa shape index (κ1) is 16.9. The minimum atomic E-state index is 0.343. The van der Waals surface area contributed by atoms with Gasteiger partial charge < -0.3 is 9.09 Å². The molecule has 2 fully saturated rings. The zero-order valence-corrected chi connectivity index (χ0v) is 16.0. The molecule has 2 saturated heterocycles. The van der Waals surface area contributed by atoms with Gasteiger partial charge in [0.25, 0.3) is 0 Å². The predicted molar refractivity (Wildman–Crippen MR) is 101 cm³/mol. The highest BCUT2D eigenvalue weighted by molar-refractivity contribution is 7.98. The van der Waals surface area contributed by atoms with Gasteiger partial charge in [-0.1, -0.05) is 47.3 Å². The third kappa shape index (κ3) is 3.17.